The molecule has 2 rings (SSSR count). The van der Waals surface area contributed by atoms with Crippen LogP contribution in [0.2, 0.25) is 0 Å². The van der Waals surface area contributed by atoms with Crippen molar-refractivity contribution in [2.75, 3.05) is 18.0 Å². The minimum Gasteiger partial charge on any atom is -0.356 e. The summed E-state index contributed by atoms with van der Waals surface area (Å²) in [7, 11) is 0. The molecule has 112 valence electrons. The monoisotopic (exact) mass is 339 g/mol. The second kappa shape index (κ2) is 7.41. The molecule has 0 saturated carbocycles. The van der Waals surface area contributed by atoms with E-state index >= 15 is 0 Å². The first-order valence-corrected chi connectivity index (χ1v) is 8.52. The third kappa shape index (κ3) is 4.19. The van der Waals surface area contributed by atoms with Crippen molar-refractivity contribution < 1.29 is 0 Å². The fourth-order valence-electron chi connectivity index (χ4n) is 2.79. The lowest BCUT2D eigenvalue weighted by Gasteiger charge is -2.34. The number of halogens is 1. The van der Waals surface area contributed by atoms with Gasteiger partial charge in [-0.3, -0.25) is 0 Å². The largest absolute Gasteiger partial charge is 0.356 e. The summed E-state index contributed by atoms with van der Waals surface area (Å²) in [4.78, 5) is 7.16. The third-order valence-corrected chi connectivity index (χ3v) is 4.44. The van der Waals surface area contributed by atoms with Crippen molar-refractivity contribution in [2.24, 2.45) is 5.92 Å². The molecule has 0 aromatic carbocycles. The third-order valence-electron chi connectivity index (χ3n) is 4.01. The van der Waals surface area contributed by atoms with E-state index in [1.165, 1.54) is 30.6 Å². The highest BCUT2D eigenvalue weighted by molar-refractivity contribution is 9.10. The van der Waals surface area contributed by atoms with Crippen LogP contribution in [-0.2, 0) is 6.54 Å². The van der Waals surface area contributed by atoms with Gasteiger partial charge in [0.25, 0.3) is 0 Å². The zero-order valence-electron chi connectivity index (χ0n) is 12.8. The van der Waals surface area contributed by atoms with Crippen LogP contribution in [-0.4, -0.2) is 24.1 Å². The van der Waals surface area contributed by atoms with Crippen LogP contribution < -0.4 is 10.2 Å². The smallest absolute Gasteiger partial charge is 0.133 e. The van der Waals surface area contributed by atoms with E-state index in [0.29, 0.717) is 6.04 Å². The minimum atomic E-state index is 0.492. The Morgan fingerprint density at radius 2 is 2.30 bits per heavy atom. The molecule has 0 spiro atoms. The lowest BCUT2D eigenvalue weighted by atomic mass is 9.95. The summed E-state index contributed by atoms with van der Waals surface area (Å²) in [6.07, 6.45) is 5.84. The Morgan fingerprint density at radius 1 is 1.50 bits per heavy atom. The summed E-state index contributed by atoms with van der Waals surface area (Å²) in [6.45, 7) is 9.83. The molecular formula is C16H26BrN3. The lowest BCUT2D eigenvalue weighted by Crippen LogP contribution is -2.37. The van der Waals surface area contributed by atoms with E-state index in [0.717, 1.165) is 30.0 Å². The van der Waals surface area contributed by atoms with Gasteiger partial charge in [0.15, 0.2) is 0 Å². The molecule has 1 atom stereocenters. The van der Waals surface area contributed by atoms with Crippen LogP contribution in [0, 0.1) is 5.92 Å². The normalized spacial score (nSPS) is 19.6. The van der Waals surface area contributed by atoms with Crippen molar-refractivity contribution in [3.8, 4) is 0 Å². The van der Waals surface area contributed by atoms with Crippen LogP contribution in [0.5, 0.6) is 0 Å². The number of aromatic nitrogens is 1. The summed E-state index contributed by atoms with van der Waals surface area (Å²) in [5, 5.41) is 3.51. The Kier molecular flexibility index (Phi) is 5.85. The molecule has 1 saturated heterocycles. The summed E-state index contributed by atoms with van der Waals surface area (Å²) in [6, 6.07) is 2.69. The quantitative estimate of drug-likeness (QED) is 0.879. The molecule has 20 heavy (non-hydrogen) atoms. The Bertz CT molecular complexity index is 434. The van der Waals surface area contributed by atoms with E-state index < -0.39 is 0 Å². The van der Waals surface area contributed by atoms with E-state index in [4.69, 9.17) is 0 Å². The summed E-state index contributed by atoms with van der Waals surface area (Å²) in [5.74, 6) is 1.99. The number of pyridine rings is 1. The molecule has 4 heteroatoms. The van der Waals surface area contributed by atoms with Gasteiger partial charge in [-0.2, -0.15) is 0 Å². The summed E-state index contributed by atoms with van der Waals surface area (Å²) in [5.41, 5.74) is 1.30. The van der Waals surface area contributed by atoms with Gasteiger partial charge in [0.1, 0.15) is 5.82 Å². The molecule has 1 unspecified atom stereocenters. The molecule has 1 aromatic rings. The molecule has 1 fully saturated rings. The first-order chi connectivity index (χ1) is 9.60. The molecule has 0 amide bonds. The van der Waals surface area contributed by atoms with Crippen LogP contribution in [0.25, 0.3) is 0 Å². The van der Waals surface area contributed by atoms with E-state index in [1.807, 2.05) is 6.20 Å². The number of nitrogens with zero attached hydrogens (tertiary/aromatic N) is 2. The fraction of sp³-hybridized carbons (Fsp3) is 0.688. The maximum absolute atomic E-state index is 4.69. The number of nitrogens with one attached hydrogen (secondary N) is 1. The van der Waals surface area contributed by atoms with Gasteiger partial charge in [-0.25, -0.2) is 4.98 Å². The predicted molar refractivity (Wildman–Crippen MR) is 89.1 cm³/mol. The molecule has 1 aliphatic heterocycles. The highest BCUT2D eigenvalue weighted by Gasteiger charge is 2.21. The standard InChI is InChI=1S/C16H26BrN3/c1-4-13-6-5-7-20(11-13)16-14(9-18-12(2)3)8-15(17)10-19-16/h8,10,12-13,18H,4-7,9,11H2,1-3H3. The minimum absolute atomic E-state index is 0.492. The maximum Gasteiger partial charge on any atom is 0.133 e. The number of rotatable bonds is 5. The van der Waals surface area contributed by atoms with Gasteiger partial charge in [-0.05, 0) is 40.8 Å². The van der Waals surface area contributed by atoms with Crippen LogP contribution in [0.15, 0.2) is 16.7 Å². The molecular weight excluding hydrogens is 314 g/mol. The number of hydrogen-bond donors (Lipinski definition) is 1. The van der Waals surface area contributed by atoms with Crippen molar-refractivity contribution in [3.05, 3.63) is 22.3 Å². The molecule has 0 bridgehead atoms. The van der Waals surface area contributed by atoms with Gasteiger partial charge in [0, 0.05) is 41.9 Å². The molecule has 3 nitrogen and oxygen atoms in total. The highest BCUT2D eigenvalue weighted by atomic mass is 79.9. The molecule has 1 aliphatic rings. The average Bonchev–Trinajstić information content (AvgIpc) is 2.45. The maximum atomic E-state index is 4.69. The Balaban J connectivity index is 2.16. The van der Waals surface area contributed by atoms with Gasteiger partial charge in [-0.15, -0.1) is 0 Å². The fourth-order valence-corrected chi connectivity index (χ4v) is 3.17. The van der Waals surface area contributed by atoms with Gasteiger partial charge >= 0.3 is 0 Å². The van der Waals surface area contributed by atoms with Crippen molar-refractivity contribution in [1.82, 2.24) is 10.3 Å². The molecule has 0 aliphatic carbocycles. The van der Waals surface area contributed by atoms with Gasteiger partial charge in [0.2, 0.25) is 0 Å². The van der Waals surface area contributed by atoms with E-state index in [9.17, 15) is 0 Å². The summed E-state index contributed by atoms with van der Waals surface area (Å²) >= 11 is 3.54. The van der Waals surface area contributed by atoms with Crippen molar-refractivity contribution in [2.45, 2.75) is 52.6 Å². The second-order valence-electron chi connectivity index (χ2n) is 6.03. The van der Waals surface area contributed by atoms with E-state index in [1.54, 1.807) is 0 Å². The summed E-state index contributed by atoms with van der Waals surface area (Å²) < 4.78 is 1.06. The average molecular weight is 340 g/mol. The predicted octanol–water partition coefficient (Wildman–Crippen LogP) is 3.97. The Labute approximate surface area is 131 Å². The van der Waals surface area contributed by atoms with Crippen LogP contribution in [0.4, 0.5) is 5.82 Å². The van der Waals surface area contributed by atoms with Crippen molar-refractivity contribution in [3.63, 3.8) is 0 Å². The van der Waals surface area contributed by atoms with E-state index in [2.05, 4.69) is 58.0 Å². The van der Waals surface area contributed by atoms with Crippen LogP contribution in [0.1, 0.15) is 45.6 Å². The first-order valence-electron chi connectivity index (χ1n) is 7.73. The Morgan fingerprint density at radius 3 is 3.00 bits per heavy atom. The van der Waals surface area contributed by atoms with Gasteiger partial charge in [-0.1, -0.05) is 27.2 Å². The molecule has 1 N–H and O–H groups in total. The molecule has 0 radical (unpaired) electrons. The Hall–Kier alpha value is -0.610. The molecule has 1 aromatic heterocycles. The van der Waals surface area contributed by atoms with E-state index in [-0.39, 0.29) is 0 Å². The van der Waals surface area contributed by atoms with Crippen molar-refractivity contribution in [1.29, 1.82) is 0 Å². The SMILES string of the molecule is CCC1CCCN(c2ncc(Br)cc2CNC(C)C)C1. The van der Waals surface area contributed by atoms with Crippen LogP contribution in [0.3, 0.4) is 0 Å². The number of piperidine rings is 1. The number of hydrogen-bond acceptors (Lipinski definition) is 3. The van der Waals surface area contributed by atoms with Gasteiger partial charge in [0.05, 0.1) is 0 Å². The number of anilines is 1. The molecule has 2 heterocycles. The zero-order valence-corrected chi connectivity index (χ0v) is 14.4. The first kappa shape index (κ1) is 15.8. The lowest BCUT2D eigenvalue weighted by molar-refractivity contribution is 0.402. The zero-order chi connectivity index (χ0) is 14.5. The topological polar surface area (TPSA) is 28.2 Å². The van der Waals surface area contributed by atoms with Crippen molar-refractivity contribution >= 4 is 21.7 Å². The van der Waals surface area contributed by atoms with Crippen LogP contribution >= 0.6 is 15.9 Å². The second-order valence-corrected chi connectivity index (χ2v) is 6.95. The highest BCUT2D eigenvalue weighted by Crippen LogP contribution is 2.27. The van der Waals surface area contributed by atoms with Gasteiger partial charge < -0.3 is 10.2 Å².